The summed E-state index contributed by atoms with van der Waals surface area (Å²) in [7, 11) is -2.92. The van der Waals surface area contributed by atoms with E-state index in [9.17, 15) is 13.5 Å². The van der Waals surface area contributed by atoms with Gasteiger partial charge < -0.3 is 5.11 Å². The first-order chi connectivity index (χ1) is 8.43. The van der Waals surface area contributed by atoms with Crippen molar-refractivity contribution in [1.82, 2.24) is 4.90 Å². The van der Waals surface area contributed by atoms with E-state index >= 15 is 0 Å². The number of sulfone groups is 1. The van der Waals surface area contributed by atoms with Gasteiger partial charge in [0.05, 0.1) is 11.9 Å². The molecule has 2 aliphatic rings. The molecule has 0 aromatic carbocycles. The summed E-state index contributed by atoms with van der Waals surface area (Å²) >= 11 is 0. The van der Waals surface area contributed by atoms with Gasteiger partial charge in [-0.25, -0.2) is 8.42 Å². The van der Waals surface area contributed by atoms with Crippen LogP contribution in [0.2, 0.25) is 0 Å². The first-order valence-electron chi connectivity index (χ1n) is 6.99. The van der Waals surface area contributed by atoms with Crippen molar-refractivity contribution < 1.29 is 13.5 Å². The van der Waals surface area contributed by atoms with E-state index in [0.717, 1.165) is 38.6 Å². The monoisotopic (exact) mass is 275 g/mol. The fraction of sp³-hybridized carbons (Fsp3) is 1.00. The predicted molar refractivity (Wildman–Crippen MR) is 72.2 cm³/mol. The second-order valence-corrected chi connectivity index (χ2v) is 8.35. The first kappa shape index (κ1) is 14.3. The zero-order valence-electron chi connectivity index (χ0n) is 11.4. The SMILES string of the molecule is CC1CCN(C2CCCC(S(C)(=O)=O)C2)C1CO. The lowest BCUT2D eigenvalue weighted by molar-refractivity contribution is 0.0850. The van der Waals surface area contributed by atoms with E-state index in [1.165, 1.54) is 6.26 Å². The predicted octanol–water partition coefficient (Wildman–Crippen LogP) is 1.04. The van der Waals surface area contributed by atoms with Gasteiger partial charge in [-0.1, -0.05) is 13.3 Å². The summed E-state index contributed by atoms with van der Waals surface area (Å²) in [6.45, 7) is 3.38. The van der Waals surface area contributed by atoms with E-state index in [4.69, 9.17) is 0 Å². The molecule has 1 saturated heterocycles. The molecular weight excluding hydrogens is 250 g/mol. The Morgan fingerprint density at radius 2 is 2.00 bits per heavy atom. The van der Waals surface area contributed by atoms with E-state index in [0.29, 0.717) is 12.0 Å². The summed E-state index contributed by atoms with van der Waals surface area (Å²) in [6.07, 6.45) is 6.10. The summed E-state index contributed by atoms with van der Waals surface area (Å²) in [5.74, 6) is 0.522. The van der Waals surface area contributed by atoms with Crippen LogP contribution in [0, 0.1) is 5.92 Å². The molecule has 4 unspecified atom stereocenters. The standard InChI is InChI=1S/C13H25NO3S/c1-10-6-7-14(13(10)9-15)11-4-3-5-12(8-11)18(2,16)17/h10-13,15H,3-9H2,1-2H3. The van der Waals surface area contributed by atoms with E-state index in [1.54, 1.807) is 0 Å². The van der Waals surface area contributed by atoms with Gasteiger partial charge in [-0.2, -0.15) is 0 Å². The number of rotatable bonds is 3. The second-order valence-electron chi connectivity index (χ2n) is 6.03. The van der Waals surface area contributed by atoms with Gasteiger partial charge in [-0.15, -0.1) is 0 Å². The molecule has 1 aliphatic carbocycles. The van der Waals surface area contributed by atoms with Crippen molar-refractivity contribution in [2.24, 2.45) is 5.92 Å². The maximum absolute atomic E-state index is 11.7. The quantitative estimate of drug-likeness (QED) is 0.836. The Kier molecular flexibility index (Phi) is 4.34. The van der Waals surface area contributed by atoms with Crippen molar-refractivity contribution in [3.05, 3.63) is 0 Å². The molecule has 0 amide bonds. The lowest BCUT2D eigenvalue weighted by Crippen LogP contribution is -2.46. The molecule has 5 heteroatoms. The Bertz CT molecular complexity index is 382. The van der Waals surface area contributed by atoms with Crippen molar-refractivity contribution in [3.8, 4) is 0 Å². The molecule has 2 rings (SSSR count). The highest BCUT2D eigenvalue weighted by Gasteiger charge is 2.38. The Balaban J connectivity index is 2.05. The minimum Gasteiger partial charge on any atom is -0.395 e. The maximum atomic E-state index is 11.7. The molecule has 0 aromatic heterocycles. The Morgan fingerprint density at radius 3 is 2.61 bits per heavy atom. The molecule has 18 heavy (non-hydrogen) atoms. The van der Waals surface area contributed by atoms with Gasteiger partial charge in [0.15, 0.2) is 0 Å². The second kappa shape index (κ2) is 5.47. The van der Waals surface area contributed by atoms with Gasteiger partial charge in [-0.05, 0) is 38.1 Å². The van der Waals surface area contributed by atoms with E-state index < -0.39 is 9.84 Å². The molecule has 0 bridgehead atoms. The van der Waals surface area contributed by atoms with Gasteiger partial charge >= 0.3 is 0 Å². The highest BCUT2D eigenvalue weighted by molar-refractivity contribution is 7.91. The van der Waals surface area contributed by atoms with Crippen LogP contribution in [0.3, 0.4) is 0 Å². The maximum Gasteiger partial charge on any atom is 0.150 e. The fourth-order valence-corrected chi connectivity index (χ4v) is 4.75. The number of hydrogen-bond acceptors (Lipinski definition) is 4. The van der Waals surface area contributed by atoms with Crippen LogP contribution in [0.5, 0.6) is 0 Å². The van der Waals surface area contributed by atoms with E-state index in [2.05, 4.69) is 11.8 Å². The van der Waals surface area contributed by atoms with Crippen molar-refractivity contribution in [2.45, 2.75) is 56.4 Å². The molecule has 0 spiro atoms. The molecule has 1 aliphatic heterocycles. The van der Waals surface area contributed by atoms with Crippen LogP contribution in [-0.2, 0) is 9.84 Å². The van der Waals surface area contributed by atoms with Crippen LogP contribution >= 0.6 is 0 Å². The molecule has 106 valence electrons. The normalized spacial score (nSPS) is 39.1. The fourth-order valence-electron chi connectivity index (χ4n) is 3.59. The number of aliphatic hydroxyl groups excluding tert-OH is 1. The zero-order chi connectivity index (χ0) is 13.3. The molecule has 4 atom stereocenters. The number of likely N-dealkylation sites (tertiary alicyclic amines) is 1. The molecular formula is C13H25NO3S. The highest BCUT2D eigenvalue weighted by Crippen LogP contribution is 2.33. The molecule has 4 nitrogen and oxygen atoms in total. The van der Waals surface area contributed by atoms with Gasteiger partial charge in [0.1, 0.15) is 9.84 Å². The minimum atomic E-state index is -2.92. The Labute approximate surface area is 110 Å². The van der Waals surface area contributed by atoms with Crippen LogP contribution in [0.15, 0.2) is 0 Å². The molecule has 2 fully saturated rings. The number of nitrogens with zero attached hydrogens (tertiary/aromatic N) is 1. The van der Waals surface area contributed by atoms with E-state index in [-0.39, 0.29) is 17.9 Å². The lowest BCUT2D eigenvalue weighted by Gasteiger charge is -2.38. The highest BCUT2D eigenvalue weighted by atomic mass is 32.2. The molecule has 0 radical (unpaired) electrons. The third kappa shape index (κ3) is 2.89. The Hall–Kier alpha value is -0.130. The lowest BCUT2D eigenvalue weighted by atomic mass is 9.92. The number of hydrogen-bond donors (Lipinski definition) is 1. The average Bonchev–Trinajstić information content (AvgIpc) is 2.69. The van der Waals surface area contributed by atoms with Crippen LogP contribution in [0.4, 0.5) is 0 Å². The van der Waals surface area contributed by atoms with Crippen molar-refractivity contribution >= 4 is 9.84 Å². The van der Waals surface area contributed by atoms with Crippen LogP contribution in [-0.4, -0.2) is 55.2 Å². The summed E-state index contributed by atoms with van der Waals surface area (Å²) in [5.41, 5.74) is 0. The summed E-state index contributed by atoms with van der Waals surface area (Å²) in [4.78, 5) is 2.36. The summed E-state index contributed by atoms with van der Waals surface area (Å²) in [6, 6.07) is 0.578. The van der Waals surface area contributed by atoms with Crippen molar-refractivity contribution in [3.63, 3.8) is 0 Å². The average molecular weight is 275 g/mol. The first-order valence-corrected chi connectivity index (χ1v) is 8.94. The van der Waals surface area contributed by atoms with Gasteiger partial charge in [-0.3, -0.25) is 4.90 Å². The van der Waals surface area contributed by atoms with Crippen molar-refractivity contribution in [1.29, 1.82) is 0 Å². The molecule has 1 saturated carbocycles. The van der Waals surface area contributed by atoms with E-state index in [1.807, 2.05) is 0 Å². The van der Waals surface area contributed by atoms with Crippen LogP contribution < -0.4 is 0 Å². The molecule has 1 heterocycles. The summed E-state index contributed by atoms with van der Waals surface area (Å²) < 4.78 is 23.4. The smallest absolute Gasteiger partial charge is 0.150 e. The number of aliphatic hydroxyl groups is 1. The zero-order valence-corrected chi connectivity index (χ0v) is 12.2. The topological polar surface area (TPSA) is 57.6 Å². The van der Waals surface area contributed by atoms with Gasteiger partial charge in [0.25, 0.3) is 0 Å². The Morgan fingerprint density at radius 1 is 1.28 bits per heavy atom. The van der Waals surface area contributed by atoms with Crippen molar-refractivity contribution in [2.75, 3.05) is 19.4 Å². The third-order valence-electron chi connectivity index (χ3n) is 4.79. The molecule has 0 aromatic rings. The third-order valence-corrected chi connectivity index (χ3v) is 6.42. The van der Waals surface area contributed by atoms with Gasteiger partial charge in [0.2, 0.25) is 0 Å². The molecule has 1 N–H and O–H groups in total. The van der Waals surface area contributed by atoms with Crippen LogP contribution in [0.1, 0.15) is 39.0 Å². The largest absolute Gasteiger partial charge is 0.395 e. The minimum absolute atomic E-state index is 0.175. The summed E-state index contributed by atoms with van der Waals surface area (Å²) in [5, 5.41) is 9.33. The van der Waals surface area contributed by atoms with Crippen LogP contribution in [0.25, 0.3) is 0 Å². The van der Waals surface area contributed by atoms with Gasteiger partial charge in [0, 0.05) is 18.3 Å².